The molecule has 0 bridgehead atoms. The standard InChI is InChI=1S/C9H11N3.HI/c1-6-2-3-8-7(4-6)5-11-9(10)12-8;/h2-4H,5H2,1H3,(H3,10,11,12);1H. The van der Waals surface area contributed by atoms with Crippen molar-refractivity contribution in [2.24, 2.45) is 10.7 Å². The van der Waals surface area contributed by atoms with E-state index in [0.29, 0.717) is 12.5 Å². The molecule has 0 saturated carbocycles. The van der Waals surface area contributed by atoms with Gasteiger partial charge in [-0.2, -0.15) is 0 Å². The Labute approximate surface area is 94.4 Å². The molecule has 0 radical (unpaired) electrons. The summed E-state index contributed by atoms with van der Waals surface area (Å²) in [4.78, 5) is 4.10. The van der Waals surface area contributed by atoms with Crippen molar-refractivity contribution in [2.75, 3.05) is 5.32 Å². The lowest BCUT2D eigenvalue weighted by Gasteiger charge is -2.15. The Balaban J connectivity index is 0.000000845. The Morgan fingerprint density at radius 2 is 2.23 bits per heavy atom. The van der Waals surface area contributed by atoms with E-state index in [1.807, 2.05) is 6.07 Å². The zero-order valence-corrected chi connectivity index (χ0v) is 9.70. The summed E-state index contributed by atoms with van der Waals surface area (Å²) in [7, 11) is 0. The monoisotopic (exact) mass is 289 g/mol. The average Bonchev–Trinajstić information content (AvgIpc) is 2.05. The van der Waals surface area contributed by atoms with E-state index in [2.05, 4.69) is 29.4 Å². The lowest BCUT2D eigenvalue weighted by molar-refractivity contribution is 1.04. The number of benzene rings is 1. The third-order valence-corrected chi connectivity index (χ3v) is 1.94. The second-order valence-corrected chi connectivity index (χ2v) is 2.99. The minimum Gasteiger partial charge on any atom is -0.370 e. The van der Waals surface area contributed by atoms with Crippen LogP contribution in [0.3, 0.4) is 0 Å². The number of anilines is 1. The van der Waals surface area contributed by atoms with Crippen LogP contribution in [0.15, 0.2) is 23.2 Å². The van der Waals surface area contributed by atoms with Gasteiger partial charge < -0.3 is 11.1 Å². The van der Waals surface area contributed by atoms with Crippen LogP contribution < -0.4 is 11.1 Å². The molecule has 0 amide bonds. The van der Waals surface area contributed by atoms with Crippen LogP contribution in [-0.4, -0.2) is 5.96 Å². The highest BCUT2D eigenvalue weighted by atomic mass is 127. The van der Waals surface area contributed by atoms with Crippen molar-refractivity contribution in [1.29, 1.82) is 0 Å². The van der Waals surface area contributed by atoms with Crippen LogP contribution in [0.1, 0.15) is 11.1 Å². The molecule has 13 heavy (non-hydrogen) atoms. The number of rotatable bonds is 0. The molecule has 1 aliphatic rings. The molecule has 1 aromatic rings. The van der Waals surface area contributed by atoms with Crippen LogP contribution in [0.5, 0.6) is 0 Å². The third-order valence-electron chi connectivity index (χ3n) is 1.94. The van der Waals surface area contributed by atoms with E-state index in [4.69, 9.17) is 5.73 Å². The summed E-state index contributed by atoms with van der Waals surface area (Å²) in [6.07, 6.45) is 0. The van der Waals surface area contributed by atoms with Crippen molar-refractivity contribution in [3.05, 3.63) is 29.3 Å². The second-order valence-electron chi connectivity index (χ2n) is 2.99. The van der Waals surface area contributed by atoms with Crippen molar-refractivity contribution in [1.82, 2.24) is 0 Å². The van der Waals surface area contributed by atoms with Crippen LogP contribution in [0, 0.1) is 6.92 Å². The van der Waals surface area contributed by atoms with Crippen LogP contribution in [0.2, 0.25) is 0 Å². The number of fused-ring (bicyclic) bond motifs is 1. The minimum atomic E-state index is 0. The normalized spacial score (nSPS) is 13.5. The van der Waals surface area contributed by atoms with Gasteiger partial charge in [0.1, 0.15) is 0 Å². The highest BCUT2D eigenvalue weighted by Crippen LogP contribution is 2.20. The Bertz CT molecular complexity index is 347. The second kappa shape index (κ2) is 3.95. The first-order chi connectivity index (χ1) is 5.75. The van der Waals surface area contributed by atoms with Crippen LogP contribution >= 0.6 is 24.0 Å². The van der Waals surface area contributed by atoms with Crippen LogP contribution in [-0.2, 0) is 6.54 Å². The maximum Gasteiger partial charge on any atom is 0.193 e. The van der Waals surface area contributed by atoms with Gasteiger partial charge in [0.05, 0.1) is 6.54 Å². The summed E-state index contributed by atoms with van der Waals surface area (Å²) >= 11 is 0. The predicted molar refractivity (Wildman–Crippen MR) is 65.5 cm³/mol. The molecule has 0 atom stereocenters. The van der Waals surface area contributed by atoms with Crippen molar-refractivity contribution in [2.45, 2.75) is 13.5 Å². The van der Waals surface area contributed by atoms with E-state index in [9.17, 15) is 0 Å². The Kier molecular flexibility index (Phi) is 3.13. The van der Waals surface area contributed by atoms with Crippen molar-refractivity contribution < 1.29 is 0 Å². The smallest absolute Gasteiger partial charge is 0.193 e. The summed E-state index contributed by atoms with van der Waals surface area (Å²) in [6.45, 7) is 2.76. The Morgan fingerprint density at radius 1 is 1.46 bits per heavy atom. The van der Waals surface area contributed by atoms with Gasteiger partial charge in [0.25, 0.3) is 0 Å². The molecule has 3 nitrogen and oxygen atoms in total. The maximum absolute atomic E-state index is 5.53. The fourth-order valence-corrected chi connectivity index (χ4v) is 1.32. The molecule has 2 rings (SSSR count). The number of halogens is 1. The fraction of sp³-hybridized carbons (Fsp3) is 0.222. The Hall–Kier alpha value is -0.780. The molecule has 1 aliphatic heterocycles. The first kappa shape index (κ1) is 10.3. The zero-order chi connectivity index (χ0) is 8.55. The van der Waals surface area contributed by atoms with Gasteiger partial charge in [-0.05, 0) is 18.6 Å². The lowest BCUT2D eigenvalue weighted by atomic mass is 10.1. The van der Waals surface area contributed by atoms with Crippen LogP contribution in [0.4, 0.5) is 5.69 Å². The van der Waals surface area contributed by atoms with Crippen molar-refractivity contribution in [3.8, 4) is 0 Å². The Morgan fingerprint density at radius 3 is 3.00 bits per heavy atom. The summed E-state index contributed by atoms with van der Waals surface area (Å²) in [6, 6.07) is 6.22. The summed E-state index contributed by atoms with van der Waals surface area (Å²) in [5, 5.41) is 3.01. The molecule has 3 N–H and O–H groups in total. The average molecular weight is 289 g/mol. The summed E-state index contributed by atoms with van der Waals surface area (Å²) < 4.78 is 0. The molecule has 4 heteroatoms. The molecule has 1 aromatic carbocycles. The quantitative estimate of drug-likeness (QED) is 0.716. The molecule has 0 unspecified atom stereocenters. The van der Waals surface area contributed by atoms with E-state index in [1.54, 1.807) is 0 Å². The highest BCUT2D eigenvalue weighted by molar-refractivity contribution is 14.0. The number of aryl methyl sites for hydroxylation is 1. The van der Waals surface area contributed by atoms with Gasteiger partial charge in [-0.3, -0.25) is 0 Å². The molecule has 0 aliphatic carbocycles. The first-order valence-corrected chi connectivity index (χ1v) is 3.92. The van der Waals surface area contributed by atoms with Gasteiger partial charge in [-0.1, -0.05) is 17.7 Å². The fourth-order valence-electron chi connectivity index (χ4n) is 1.32. The number of nitrogens with two attached hydrogens (primary N) is 1. The van der Waals surface area contributed by atoms with Gasteiger partial charge in [-0.15, -0.1) is 24.0 Å². The van der Waals surface area contributed by atoms with Crippen molar-refractivity contribution in [3.63, 3.8) is 0 Å². The minimum absolute atomic E-state index is 0. The van der Waals surface area contributed by atoms with Gasteiger partial charge in [0.2, 0.25) is 0 Å². The number of nitrogens with zero attached hydrogens (tertiary/aromatic N) is 1. The van der Waals surface area contributed by atoms with Gasteiger partial charge in [0.15, 0.2) is 5.96 Å². The predicted octanol–water partition coefficient (Wildman–Crippen LogP) is 1.85. The molecule has 0 fully saturated rings. The van der Waals surface area contributed by atoms with E-state index in [1.165, 1.54) is 11.1 Å². The first-order valence-electron chi connectivity index (χ1n) is 3.92. The number of aliphatic imine (C=N–C) groups is 1. The molecule has 1 heterocycles. The number of nitrogens with one attached hydrogen (secondary N) is 1. The zero-order valence-electron chi connectivity index (χ0n) is 7.37. The van der Waals surface area contributed by atoms with Crippen LogP contribution in [0.25, 0.3) is 0 Å². The number of hydrogen-bond acceptors (Lipinski definition) is 3. The molecule has 0 aromatic heterocycles. The summed E-state index contributed by atoms with van der Waals surface area (Å²) in [5.41, 5.74) is 9.07. The maximum atomic E-state index is 5.53. The SMILES string of the molecule is Cc1ccc2c(c1)CN=C(N)N2.I. The largest absolute Gasteiger partial charge is 0.370 e. The lowest BCUT2D eigenvalue weighted by Crippen LogP contribution is -2.26. The van der Waals surface area contributed by atoms with E-state index < -0.39 is 0 Å². The van der Waals surface area contributed by atoms with E-state index >= 15 is 0 Å². The highest BCUT2D eigenvalue weighted by Gasteiger charge is 2.07. The van der Waals surface area contributed by atoms with E-state index in [-0.39, 0.29) is 24.0 Å². The molecule has 0 spiro atoms. The molecule has 0 saturated heterocycles. The number of guanidine groups is 1. The topological polar surface area (TPSA) is 50.4 Å². The third kappa shape index (κ3) is 2.12. The van der Waals surface area contributed by atoms with Gasteiger partial charge in [-0.25, -0.2) is 4.99 Å². The van der Waals surface area contributed by atoms with Gasteiger partial charge >= 0.3 is 0 Å². The molecular formula is C9H12IN3. The van der Waals surface area contributed by atoms with E-state index in [0.717, 1.165) is 5.69 Å². The van der Waals surface area contributed by atoms with Crippen molar-refractivity contribution >= 4 is 35.6 Å². The molecular weight excluding hydrogens is 277 g/mol. The van der Waals surface area contributed by atoms with Gasteiger partial charge in [0, 0.05) is 5.69 Å². The molecule has 70 valence electrons. The number of hydrogen-bond donors (Lipinski definition) is 2. The summed E-state index contributed by atoms with van der Waals surface area (Å²) in [5.74, 6) is 0.506.